The number of benzene rings is 1. The molecule has 0 spiro atoms. The number of allylic oxidation sites excluding steroid dienone is 1. The monoisotopic (exact) mass is 316 g/mol. The summed E-state index contributed by atoms with van der Waals surface area (Å²) in [4.78, 5) is 14.0. The topological polar surface area (TPSA) is 41.6 Å². The van der Waals surface area contributed by atoms with Crippen molar-refractivity contribution in [3.05, 3.63) is 36.4 Å². The molecule has 0 aromatic heterocycles. The molecule has 0 saturated carbocycles. The van der Waals surface area contributed by atoms with Gasteiger partial charge in [-0.2, -0.15) is 0 Å². The number of ether oxygens (including phenoxy) is 1. The Kier molecular flexibility index (Phi) is 5.34. The molecule has 1 heterocycles. The lowest BCUT2D eigenvalue weighted by Crippen LogP contribution is -2.35. The number of carbonyl (C=O) groups is 1. The fraction of sp³-hybridized carbons (Fsp3) is 0.526. The summed E-state index contributed by atoms with van der Waals surface area (Å²) in [5.41, 5.74) is 2.79. The Morgan fingerprint density at radius 2 is 2.22 bits per heavy atom. The maximum absolute atomic E-state index is 12.3. The molecule has 1 N–H and O–H groups in total. The van der Waals surface area contributed by atoms with Gasteiger partial charge in [0.1, 0.15) is 5.60 Å². The number of nitrogens with one attached hydrogen (secondary N) is 1. The summed E-state index contributed by atoms with van der Waals surface area (Å²) in [6.07, 6.45) is 4.61. The first-order valence-electron chi connectivity index (χ1n) is 8.31. The molecule has 1 aromatic carbocycles. The number of anilines is 2. The second-order valence-corrected chi connectivity index (χ2v) is 7.14. The molecule has 1 amide bonds. The fourth-order valence-electron chi connectivity index (χ4n) is 2.72. The highest BCUT2D eigenvalue weighted by Crippen LogP contribution is 2.32. The van der Waals surface area contributed by atoms with Crippen molar-refractivity contribution in [2.24, 2.45) is 0 Å². The van der Waals surface area contributed by atoms with E-state index < -0.39 is 5.60 Å². The van der Waals surface area contributed by atoms with Crippen LogP contribution < -0.4 is 10.2 Å². The van der Waals surface area contributed by atoms with Gasteiger partial charge in [0, 0.05) is 18.3 Å². The summed E-state index contributed by atoms with van der Waals surface area (Å²) >= 11 is 0. The highest BCUT2D eigenvalue weighted by Gasteiger charge is 2.28. The second-order valence-electron chi connectivity index (χ2n) is 7.14. The Morgan fingerprint density at radius 1 is 1.48 bits per heavy atom. The number of hydrogen-bond acceptors (Lipinski definition) is 3. The van der Waals surface area contributed by atoms with Crippen LogP contribution in [0.15, 0.2) is 30.9 Å². The minimum atomic E-state index is -0.470. The largest absolute Gasteiger partial charge is 0.443 e. The Bertz CT molecular complexity index is 575. The third-order valence-corrected chi connectivity index (χ3v) is 3.81. The number of hydrogen-bond donors (Lipinski definition) is 1. The molecule has 1 aliphatic rings. The van der Waals surface area contributed by atoms with Crippen LogP contribution in [0.25, 0.3) is 0 Å². The van der Waals surface area contributed by atoms with E-state index >= 15 is 0 Å². The first-order valence-corrected chi connectivity index (χ1v) is 8.31. The van der Waals surface area contributed by atoms with Gasteiger partial charge in [0.15, 0.2) is 0 Å². The second kappa shape index (κ2) is 7.07. The predicted molar refractivity (Wildman–Crippen MR) is 96.2 cm³/mol. The van der Waals surface area contributed by atoms with Gasteiger partial charge >= 0.3 is 6.09 Å². The van der Waals surface area contributed by atoms with Crippen molar-refractivity contribution in [1.29, 1.82) is 0 Å². The van der Waals surface area contributed by atoms with E-state index in [2.05, 4.69) is 24.9 Å². The molecule has 1 aliphatic heterocycles. The molecule has 126 valence electrons. The molecule has 1 atom stereocenters. The van der Waals surface area contributed by atoms with Crippen molar-refractivity contribution in [2.45, 2.75) is 58.6 Å². The highest BCUT2D eigenvalue weighted by atomic mass is 16.6. The van der Waals surface area contributed by atoms with Crippen LogP contribution in [-0.4, -0.2) is 24.3 Å². The maximum Gasteiger partial charge on any atom is 0.414 e. The zero-order valence-electron chi connectivity index (χ0n) is 14.7. The van der Waals surface area contributed by atoms with Crippen molar-refractivity contribution < 1.29 is 9.53 Å². The highest BCUT2D eigenvalue weighted by molar-refractivity contribution is 5.91. The Hall–Kier alpha value is -1.97. The molecule has 2 rings (SSSR count). The van der Waals surface area contributed by atoms with E-state index in [-0.39, 0.29) is 6.09 Å². The van der Waals surface area contributed by atoms with Crippen molar-refractivity contribution in [1.82, 2.24) is 0 Å². The number of nitrogens with zero attached hydrogens (tertiary/aromatic N) is 1. The average molecular weight is 316 g/mol. The van der Waals surface area contributed by atoms with Crippen LogP contribution in [0.5, 0.6) is 0 Å². The van der Waals surface area contributed by atoms with Crippen LogP contribution in [0.3, 0.4) is 0 Å². The zero-order valence-corrected chi connectivity index (χ0v) is 14.7. The van der Waals surface area contributed by atoms with Crippen LogP contribution in [0.1, 0.15) is 46.1 Å². The van der Waals surface area contributed by atoms with Crippen molar-refractivity contribution >= 4 is 17.5 Å². The number of amides is 1. The summed E-state index contributed by atoms with van der Waals surface area (Å²) in [6.45, 7) is 12.3. The van der Waals surface area contributed by atoms with E-state index in [9.17, 15) is 4.79 Å². The van der Waals surface area contributed by atoms with Crippen LogP contribution in [0, 0.1) is 0 Å². The summed E-state index contributed by atoms with van der Waals surface area (Å²) in [6, 6.07) is 6.58. The first-order chi connectivity index (χ1) is 10.8. The van der Waals surface area contributed by atoms with Gasteiger partial charge in [0.2, 0.25) is 0 Å². The lowest BCUT2D eigenvalue weighted by Gasteiger charge is -2.25. The van der Waals surface area contributed by atoms with Crippen LogP contribution in [0.2, 0.25) is 0 Å². The SMILES string of the molecule is C=CCCC(C)Nc1ccc2c(c1)CCN2C(=O)OC(C)(C)C. The lowest BCUT2D eigenvalue weighted by molar-refractivity contribution is 0.0584. The van der Waals surface area contributed by atoms with Crippen LogP contribution in [-0.2, 0) is 11.2 Å². The Labute approximate surface area is 139 Å². The molecule has 1 aromatic rings. The lowest BCUT2D eigenvalue weighted by atomic mass is 10.1. The third-order valence-electron chi connectivity index (χ3n) is 3.81. The minimum Gasteiger partial charge on any atom is -0.443 e. The Morgan fingerprint density at radius 3 is 2.87 bits per heavy atom. The molecular formula is C19H28N2O2. The van der Waals surface area contributed by atoms with Gasteiger partial charge < -0.3 is 10.1 Å². The van der Waals surface area contributed by atoms with Gasteiger partial charge in [0.25, 0.3) is 0 Å². The van der Waals surface area contributed by atoms with E-state index in [1.165, 1.54) is 5.56 Å². The minimum absolute atomic E-state index is 0.267. The summed E-state index contributed by atoms with van der Waals surface area (Å²) in [5, 5.41) is 3.51. The molecule has 0 saturated heterocycles. The molecule has 1 unspecified atom stereocenters. The summed E-state index contributed by atoms with van der Waals surface area (Å²) < 4.78 is 5.48. The van der Waals surface area contributed by atoms with Crippen molar-refractivity contribution in [2.75, 3.05) is 16.8 Å². The van der Waals surface area contributed by atoms with Gasteiger partial charge in [-0.1, -0.05) is 6.08 Å². The molecular weight excluding hydrogens is 288 g/mol. The normalized spacial score (nSPS) is 15.0. The molecule has 0 bridgehead atoms. The van der Waals surface area contributed by atoms with Gasteiger partial charge in [-0.3, -0.25) is 4.90 Å². The van der Waals surface area contributed by atoms with Gasteiger partial charge in [-0.25, -0.2) is 4.79 Å². The number of rotatable bonds is 5. The first kappa shape index (κ1) is 17.4. The van der Waals surface area contributed by atoms with E-state index in [4.69, 9.17) is 4.74 Å². The number of fused-ring (bicyclic) bond motifs is 1. The van der Waals surface area contributed by atoms with Gasteiger partial charge in [-0.05, 0) is 70.7 Å². The van der Waals surface area contributed by atoms with E-state index in [0.717, 1.165) is 30.6 Å². The molecule has 4 heteroatoms. The van der Waals surface area contributed by atoms with Crippen molar-refractivity contribution in [3.63, 3.8) is 0 Å². The third kappa shape index (κ3) is 4.75. The van der Waals surface area contributed by atoms with Crippen LogP contribution in [0.4, 0.5) is 16.2 Å². The molecule has 0 aliphatic carbocycles. The van der Waals surface area contributed by atoms with E-state index in [1.807, 2.05) is 39.0 Å². The standard InChI is InChI=1S/C19H28N2O2/c1-6-7-8-14(2)20-16-9-10-17-15(13-16)11-12-21(17)18(22)23-19(3,4)5/h6,9-10,13-14,20H,1,7-8,11-12H2,2-5H3. The smallest absolute Gasteiger partial charge is 0.414 e. The number of carbonyl (C=O) groups excluding carboxylic acids is 1. The van der Waals surface area contributed by atoms with Gasteiger partial charge in [0.05, 0.1) is 5.69 Å². The summed E-state index contributed by atoms with van der Waals surface area (Å²) in [5.74, 6) is 0. The molecule has 0 radical (unpaired) electrons. The average Bonchev–Trinajstić information content (AvgIpc) is 2.86. The predicted octanol–water partition coefficient (Wildman–Crippen LogP) is 4.75. The Balaban J connectivity index is 2.05. The summed E-state index contributed by atoms with van der Waals surface area (Å²) in [7, 11) is 0. The van der Waals surface area contributed by atoms with Gasteiger partial charge in [-0.15, -0.1) is 6.58 Å². The van der Waals surface area contributed by atoms with E-state index in [0.29, 0.717) is 12.6 Å². The van der Waals surface area contributed by atoms with Crippen molar-refractivity contribution in [3.8, 4) is 0 Å². The molecule has 4 nitrogen and oxygen atoms in total. The van der Waals surface area contributed by atoms with E-state index in [1.54, 1.807) is 4.90 Å². The molecule has 23 heavy (non-hydrogen) atoms. The fourth-order valence-corrected chi connectivity index (χ4v) is 2.72. The maximum atomic E-state index is 12.3. The molecule has 0 fully saturated rings. The van der Waals surface area contributed by atoms with Crippen LogP contribution >= 0.6 is 0 Å². The quantitative estimate of drug-likeness (QED) is 0.797. The zero-order chi connectivity index (χ0) is 17.0.